The number of phosphoric ester groups is 2. The molecule has 0 heterocycles. The second-order valence-corrected chi connectivity index (χ2v) is 34.8. The summed E-state index contributed by atoms with van der Waals surface area (Å²) in [6.45, 7) is 9.74. The van der Waals surface area contributed by atoms with Crippen LogP contribution in [0.3, 0.4) is 0 Å². The molecule has 0 saturated carbocycles. The van der Waals surface area contributed by atoms with Gasteiger partial charge < -0.3 is 33.8 Å². The third kappa shape index (κ3) is 79.9. The van der Waals surface area contributed by atoms with Gasteiger partial charge in [-0.2, -0.15) is 0 Å². The normalized spacial score (nSPS) is 13.8. The first-order valence-corrected chi connectivity index (χ1v) is 47.5. The predicted octanol–water partition coefficient (Wildman–Crippen LogP) is 26.2. The van der Waals surface area contributed by atoms with Crippen molar-refractivity contribution >= 4 is 39.5 Å². The van der Waals surface area contributed by atoms with E-state index in [2.05, 4.69) is 41.5 Å². The van der Waals surface area contributed by atoms with Crippen LogP contribution in [0.5, 0.6) is 0 Å². The maximum Gasteiger partial charge on any atom is 0.472 e. The van der Waals surface area contributed by atoms with Crippen LogP contribution in [0, 0.1) is 11.8 Å². The van der Waals surface area contributed by atoms with Gasteiger partial charge in [-0.05, 0) is 37.5 Å². The summed E-state index contributed by atoms with van der Waals surface area (Å²) in [6, 6.07) is 0. The minimum atomic E-state index is -4.97. The fourth-order valence-electron chi connectivity index (χ4n) is 13.4. The Bertz CT molecular complexity index is 2010. The summed E-state index contributed by atoms with van der Waals surface area (Å²) in [7, 11) is -9.93. The van der Waals surface area contributed by atoms with Crippen LogP contribution in [0.4, 0.5) is 0 Å². The lowest BCUT2D eigenvalue weighted by Crippen LogP contribution is -2.30. The molecule has 0 spiro atoms. The topological polar surface area (TPSA) is 237 Å². The first-order valence-electron chi connectivity index (χ1n) is 44.5. The monoisotopic (exact) mass is 1540 g/mol. The number of rotatable bonds is 85. The summed E-state index contributed by atoms with van der Waals surface area (Å²) in [4.78, 5) is 73.2. The number of hydrogen-bond acceptors (Lipinski definition) is 15. The number of carbonyl (C=O) groups is 4. The van der Waals surface area contributed by atoms with Crippen LogP contribution in [-0.4, -0.2) is 96.7 Å². The zero-order valence-corrected chi connectivity index (χ0v) is 70.8. The van der Waals surface area contributed by atoms with Crippen LogP contribution < -0.4 is 0 Å². The van der Waals surface area contributed by atoms with Crippen LogP contribution >= 0.6 is 15.6 Å². The molecule has 0 radical (unpaired) electrons. The van der Waals surface area contributed by atoms with Crippen LogP contribution in [-0.2, 0) is 65.4 Å². The summed E-state index contributed by atoms with van der Waals surface area (Å²) in [5, 5.41) is 10.7. The number of hydrogen-bond donors (Lipinski definition) is 3. The van der Waals surface area contributed by atoms with Gasteiger partial charge in [0, 0.05) is 25.7 Å². The highest BCUT2D eigenvalue weighted by atomic mass is 31.2. The van der Waals surface area contributed by atoms with Gasteiger partial charge >= 0.3 is 39.5 Å². The van der Waals surface area contributed by atoms with E-state index < -0.39 is 97.5 Å². The Balaban J connectivity index is 5.23. The van der Waals surface area contributed by atoms with Gasteiger partial charge in [-0.25, -0.2) is 9.13 Å². The molecule has 0 bridgehead atoms. The highest BCUT2D eigenvalue weighted by Crippen LogP contribution is 2.45. The van der Waals surface area contributed by atoms with Crippen molar-refractivity contribution in [2.24, 2.45) is 11.8 Å². The Morgan fingerprint density at radius 1 is 0.257 bits per heavy atom. The molecule has 0 aliphatic carbocycles. The molecule has 624 valence electrons. The lowest BCUT2D eigenvalue weighted by molar-refractivity contribution is -0.161. The van der Waals surface area contributed by atoms with E-state index in [0.717, 1.165) is 102 Å². The second kappa shape index (κ2) is 77.4. The smallest absolute Gasteiger partial charge is 0.462 e. The lowest BCUT2D eigenvalue weighted by Gasteiger charge is -2.21. The maximum absolute atomic E-state index is 13.1. The van der Waals surface area contributed by atoms with E-state index in [1.807, 2.05) is 0 Å². The summed E-state index contributed by atoms with van der Waals surface area (Å²) in [6.07, 6.45) is 69.3. The van der Waals surface area contributed by atoms with E-state index in [-0.39, 0.29) is 25.7 Å². The van der Waals surface area contributed by atoms with Crippen molar-refractivity contribution < 1.29 is 80.2 Å². The number of esters is 4. The first-order chi connectivity index (χ1) is 50.9. The number of aliphatic hydroxyl groups excluding tert-OH is 1. The van der Waals surface area contributed by atoms with Crippen molar-refractivity contribution in [3.05, 3.63) is 0 Å². The number of ether oxygens (including phenoxy) is 4. The van der Waals surface area contributed by atoms with Crippen molar-refractivity contribution in [3.63, 3.8) is 0 Å². The minimum Gasteiger partial charge on any atom is -0.462 e. The molecule has 5 atom stereocenters. The van der Waals surface area contributed by atoms with E-state index in [1.165, 1.54) is 276 Å². The Kier molecular flexibility index (Phi) is 76.0. The molecule has 0 aliphatic heterocycles. The van der Waals surface area contributed by atoms with E-state index in [0.29, 0.717) is 25.7 Å². The number of carbonyl (C=O) groups excluding carboxylic acids is 4. The molecule has 0 rings (SSSR count). The summed E-state index contributed by atoms with van der Waals surface area (Å²) < 4.78 is 68.9. The molecule has 105 heavy (non-hydrogen) atoms. The van der Waals surface area contributed by atoms with Gasteiger partial charge in [0.25, 0.3) is 0 Å². The van der Waals surface area contributed by atoms with Crippen LogP contribution in [0.15, 0.2) is 0 Å². The molecule has 0 fully saturated rings. The maximum atomic E-state index is 13.1. The van der Waals surface area contributed by atoms with Crippen LogP contribution in [0.25, 0.3) is 0 Å². The van der Waals surface area contributed by atoms with Crippen molar-refractivity contribution in [3.8, 4) is 0 Å². The Morgan fingerprint density at radius 2 is 0.438 bits per heavy atom. The second-order valence-electron chi connectivity index (χ2n) is 31.9. The van der Waals surface area contributed by atoms with Gasteiger partial charge in [-0.1, -0.05) is 408 Å². The molecule has 17 nitrogen and oxygen atoms in total. The molecule has 19 heteroatoms. The molecule has 0 saturated heterocycles. The fraction of sp³-hybridized carbons (Fsp3) is 0.953. The molecule has 0 aromatic heterocycles. The molecule has 2 unspecified atom stereocenters. The number of phosphoric acid groups is 2. The third-order valence-corrected chi connectivity index (χ3v) is 22.1. The fourth-order valence-corrected chi connectivity index (χ4v) is 15.0. The van der Waals surface area contributed by atoms with Crippen LogP contribution in [0.1, 0.15) is 459 Å². The molecular formula is C86H168O17P2. The predicted molar refractivity (Wildman–Crippen MR) is 432 cm³/mol. The van der Waals surface area contributed by atoms with Gasteiger partial charge in [0.15, 0.2) is 12.2 Å². The summed E-state index contributed by atoms with van der Waals surface area (Å²) >= 11 is 0. The number of aliphatic hydroxyl groups is 1. The van der Waals surface area contributed by atoms with E-state index in [4.69, 9.17) is 37.0 Å². The largest absolute Gasteiger partial charge is 0.472 e. The molecule has 0 aromatic rings. The quantitative estimate of drug-likeness (QED) is 0.0222. The van der Waals surface area contributed by atoms with Crippen molar-refractivity contribution in [2.75, 3.05) is 39.6 Å². The van der Waals surface area contributed by atoms with E-state index in [9.17, 15) is 43.2 Å². The average Bonchev–Trinajstić information content (AvgIpc) is 0.909. The SMILES string of the molecule is CCCCCCCCCCCCCCCCC(=O)O[C@H](COC(=O)CCCCCCCCCCCCC)COP(=O)(O)OC[C@H](O)COP(=O)(O)OC[C@@H](COC(=O)CCCCCCCCCCCCCCCCCCC(C)C)OC(=O)CCCCCCCCCCCCCCCCCCCCC(C)C. The first kappa shape index (κ1) is 103. The molecule has 3 N–H and O–H groups in total. The van der Waals surface area contributed by atoms with E-state index in [1.54, 1.807) is 0 Å². The zero-order valence-electron chi connectivity index (χ0n) is 69.0. The summed E-state index contributed by atoms with van der Waals surface area (Å²) in [5.41, 5.74) is 0. The third-order valence-electron chi connectivity index (χ3n) is 20.2. The molecule has 0 amide bonds. The molecule has 0 aliphatic rings. The van der Waals surface area contributed by atoms with Crippen molar-refractivity contribution in [1.82, 2.24) is 0 Å². The van der Waals surface area contributed by atoms with Gasteiger partial charge in [0.1, 0.15) is 19.3 Å². The standard InChI is InChI=1S/C86H168O17P2/c1-7-9-11-13-15-17-19-20-33-40-46-52-58-64-70-85(90)102-81(74-96-83(88)68-62-56-50-44-36-18-16-14-12-10-8-2)76-100-104(92,93)98-72-80(87)73-99-105(94,95)101-77-82(75-97-84(89)69-63-57-51-45-39-34-29-26-25-28-32-38-43-49-55-61-67-79(5)6)103-86(91)71-65-59-53-47-41-35-30-24-22-21-23-27-31-37-42-48-54-60-66-78(3)4/h78-82,87H,7-77H2,1-6H3,(H,92,93)(H,94,95)/t80-,81+,82+/m0/s1. The van der Waals surface area contributed by atoms with E-state index >= 15 is 0 Å². The lowest BCUT2D eigenvalue weighted by atomic mass is 10.0. The zero-order chi connectivity index (χ0) is 77.1. The van der Waals surface area contributed by atoms with Crippen molar-refractivity contribution in [1.29, 1.82) is 0 Å². The van der Waals surface area contributed by atoms with Gasteiger partial charge in [-0.15, -0.1) is 0 Å². The van der Waals surface area contributed by atoms with Crippen LogP contribution in [0.2, 0.25) is 0 Å². The van der Waals surface area contributed by atoms with Gasteiger partial charge in [0.2, 0.25) is 0 Å². The Morgan fingerprint density at radius 3 is 0.648 bits per heavy atom. The molecule has 0 aromatic carbocycles. The minimum absolute atomic E-state index is 0.108. The Hall–Kier alpha value is -1.94. The highest BCUT2D eigenvalue weighted by molar-refractivity contribution is 7.47. The van der Waals surface area contributed by atoms with Gasteiger partial charge in [-0.3, -0.25) is 37.3 Å². The van der Waals surface area contributed by atoms with Crippen molar-refractivity contribution in [2.45, 2.75) is 477 Å². The molecular weight excluding hydrogens is 1370 g/mol. The number of unbranched alkanes of at least 4 members (excludes halogenated alkanes) is 55. The Labute approximate surface area is 645 Å². The summed E-state index contributed by atoms with van der Waals surface area (Å²) in [5.74, 6) is -0.467. The van der Waals surface area contributed by atoms with Gasteiger partial charge in [0.05, 0.1) is 26.4 Å². The average molecular weight is 1540 g/mol. The highest BCUT2D eigenvalue weighted by Gasteiger charge is 2.30.